The highest BCUT2D eigenvalue weighted by Gasteiger charge is 2.46. The molecule has 1 heterocycles. The molecular formula is C15H25NO. The molecule has 0 aromatic carbocycles. The summed E-state index contributed by atoms with van der Waals surface area (Å²) in [6, 6.07) is 1.63. The predicted octanol–water partition coefficient (Wildman–Crippen LogP) is 2.87. The molecule has 96 valence electrons. The molecular weight excluding hydrogens is 210 g/mol. The molecule has 1 saturated heterocycles. The third kappa shape index (κ3) is 2.15. The van der Waals surface area contributed by atoms with Crippen molar-refractivity contribution in [2.24, 2.45) is 11.8 Å². The van der Waals surface area contributed by atoms with Gasteiger partial charge in [0.25, 0.3) is 0 Å². The third-order valence-corrected chi connectivity index (χ3v) is 5.45. The van der Waals surface area contributed by atoms with Gasteiger partial charge in [-0.15, -0.1) is 0 Å². The number of ether oxygens (including phenoxy) is 1. The van der Waals surface area contributed by atoms with Crippen molar-refractivity contribution in [2.75, 3.05) is 6.61 Å². The Morgan fingerprint density at radius 2 is 1.71 bits per heavy atom. The van der Waals surface area contributed by atoms with Gasteiger partial charge in [0.05, 0.1) is 5.60 Å². The van der Waals surface area contributed by atoms with Crippen molar-refractivity contribution < 1.29 is 4.74 Å². The van der Waals surface area contributed by atoms with Crippen LogP contribution in [0.4, 0.5) is 0 Å². The predicted molar refractivity (Wildman–Crippen MR) is 67.9 cm³/mol. The highest BCUT2D eigenvalue weighted by molar-refractivity contribution is 5.01. The molecule has 0 amide bonds. The Balaban J connectivity index is 1.37. The minimum absolute atomic E-state index is 0.313. The summed E-state index contributed by atoms with van der Waals surface area (Å²) in [7, 11) is 0. The molecule has 1 unspecified atom stereocenters. The number of nitrogens with one attached hydrogen (secondary N) is 1. The fourth-order valence-electron chi connectivity index (χ4n) is 3.93. The Kier molecular flexibility index (Phi) is 2.52. The van der Waals surface area contributed by atoms with Gasteiger partial charge in [0.1, 0.15) is 0 Å². The lowest BCUT2D eigenvalue weighted by molar-refractivity contribution is -0.136. The Bertz CT molecular complexity index is 279. The number of hydrogen-bond donors (Lipinski definition) is 1. The lowest BCUT2D eigenvalue weighted by atomic mass is 9.73. The van der Waals surface area contributed by atoms with Gasteiger partial charge in [-0.2, -0.15) is 0 Å². The summed E-state index contributed by atoms with van der Waals surface area (Å²) in [6.45, 7) is 1.000. The topological polar surface area (TPSA) is 21.3 Å². The Hall–Kier alpha value is -0.0800. The molecule has 1 spiro atoms. The van der Waals surface area contributed by atoms with Crippen molar-refractivity contribution in [1.82, 2.24) is 5.32 Å². The molecule has 0 radical (unpaired) electrons. The van der Waals surface area contributed by atoms with Crippen molar-refractivity contribution in [3.63, 3.8) is 0 Å². The molecule has 2 nitrogen and oxygen atoms in total. The fourth-order valence-corrected chi connectivity index (χ4v) is 3.93. The average molecular weight is 235 g/mol. The van der Waals surface area contributed by atoms with Crippen LogP contribution in [0.1, 0.15) is 57.8 Å². The number of hydrogen-bond acceptors (Lipinski definition) is 2. The summed E-state index contributed by atoms with van der Waals surface area (Å²) in [5.74, 6) is 2.06. The molecule has 3 saturated carbocycles. The molecule has 0 aromatic heterocycles. The molecule has 17 heavy (non-hydrogen) atoms. The van der Waals surface area contributed by atoms with E-state index in [4.69, 9.17) is 4.74 Å². The second-order valence-electron chi connectivity index (χ2n) is 6.94. The average Bonchev–Trinajstić information content (AvgIpc) is 3.15. The van der Waals surface area contributed by atoms with Gasteiger partial charge in [-0.25, -0.2) is 0 Å². The van der Waals surface area contributed by atoms with E-state index in [1.165, 1.54) is 57.8 Å². The van der Waals surface area contributed by atoms with Crippen molar-refractivity contribution in [1.29, 1.82) is 0 Å². The van der Waals surface area contributed by atoms with Crippen LogP contribution in [0.25, 0.3) is 0 Å². The van der Waals surface area contributed by atoms with Crippen LogP contribution in [0.3, 0.4) is 0 Å². The summed E-state index contributed by atoms with van der Waals surface area (Å²) in [4.78, 5) is 0. The van der Waals surface area contributed by atoms with Gasteiger partial charge < -0.3 is 10.1 Å². The highest BCUT2D eigenvalue weighted by atomic mass is 16.5. The van der Waals surface area contributed by atoms with Gasteiger partial charge in [0, 0.05) is 18.7 Å². The minimum atomic E-state index is 0.313. The first-order chi connectivity index (χ1) is 8.35. The van der Waals surface area contributed by atoms with Gasteiger partial charge in [-0.1, -0.05) is 0 Å². The van der Waals surface area contributed by atoms with E-state index >= 15 is 0 Å². The lowest BCUT2D eigenvalue weighted by Crippen LogP contribution is -2.53. The van der Waals surface area contributed by atoms with Gasteiger partial charge in [-0.05, 0) is 69.6 Å². The van der Waals surface area contributed by atoms with Crippen molar-refractivity contribution in [3.8, 4) is 0 Å². The monoisotopic (exact) mass is 235 g/mol. The minimum Gasteiger partial charge on any atom is -0.375 e. The van der Waals surface area contributed by atoms with Crippen LogP contribution < -0.4 is 5.32 Å². The standard InChI is InChI=1S/C15H25NO/c1-7-15(8-1)10-13(6-9-17-15)16-14(11-2-3-11)12-4-5-12/h11-14,16H,1-10H2. The summed E-state index contributed by atoms with van der Waals surface area (Å²) in [6.07, 6.45) is 12.5. The van der Waals surface area contributed by atoms with Crippen LogP contribution in [0.5, 0.6) is 0 Å². The van der Waals surface area contributed by atoms with Crippen molar-refractivity contribution in [3.05, 3.63) is 0 Å². The molecule has 1 N–H and O–H groups in total. The van der Waals surface area contributed by atoms with Gasteiger partial charge in [-0.3, -0.25) is 0 Å². The molecule has 4 aliphatic rings. The zero-order valence-electron chi connectivity index (χ0n) is 10.8. The second kappa shape index (κ2) is 3.96. The lowest BCUT2D eigenvalue weighted by Gasteiger charge is -2.48. The Morgan fingerprint density at radius 1 is 1.00 bits per heavy atom. The first-order valence-corrected chi connectivity index (χ1v) is 7.75. The van der Waals surface area contributed by atoms with Crippen molar-refractivity contribution >= 4 is 0 Å². The summed E-state index contributed by atoms with van der Waals surface area (Å²) in [5, 5.41) is 4.02. The third-order valence-electron chi connectivity index (χ3n) is 5.45. The van der Waals surface area contributed by atoms with Crippen molar-refractivity contribution in [2.45, 2.75) is 75.5 Å². The van der Waals surface area contributed by atoms with Crippen LogP contribution in [0.15, 0.2) is 0 Å². The maximum Gasteiger partial charge on any atom is 0.0697 e. The normalized spacial score (nSPS) is 36.2. The van der Waals surface area contributed by atoms with E-state index in [1.54, 1.807) is 0 Å². The van der Waals surface area contributed by atoms with Crippen LogP contribution in [-0.2, 0) is 4.74 Å². The number of rotatable bonds is 4. The second-order valence-corrected chi connectivity index (χ2v) is 6.94. The van der Waals surface area contributed by atoms with Crippen LogP contribution in [-0.4, -0.2) is 24.3 Å². The van der Waals surface area contributed by atoms with E-state index in [9.17, 15) is 0 Å². The first kappa shape index (κ1) is 10.8. The smallest absolute Gasteiger partial charge is 0.0697 e. The molecule has 4 fully saturated rings. The molecule has 3 aliphatic carbocycles. The summed E-state index contributed by atoms with van der Waals surface area (Å²) < 4.78 is 6.03. The zero-order valence-corrected chi connectivity index (χ0v) is 10.8. The molecule has 4 rings (SSSR count). The van der Waals surface area contributed by atoms with Crippen LogP contribution >= 0.6 is 0 Å². The SMILES string of the molecule is C1CC2(C1)CC(NC(C1CC1)C1CC1)CCO2. The van der Waals surface area contributed by atoms with E-state index in [-0.39, 0.29) is 0 Å². The first-order valence-electron chi connectivity index (χ1n) is 7.75. The molecule has 0 bridgehead atoms. The van der Waals surface area contributed by atoms with Gasteiger partial charge in [0.15, 0.2) is 0 Å². The Morgan fingerprint density at radius 3 is 2.24 bits per heavy atom. The maximum atomic E-state index is 6.03. The molecule has 2 heteroatoms. The summed E-state index contributed by atoms with van der Waals surface area (Å²) >= 11 is 0. The van der Waals surface area contributed by atoms with E-state index in [0.29, 0.717) is 5.60 Å². The molecule has 1 aliphatic heterocycles. The molecule has 0 aromatic rings. The Labute approximate surface area is 104 Å². The largest absolute Gasteiger partial charge is 0.375 e. The quantitative estimate of drug-likeness (QED) is 0.809. The van der Waals surface area contributed by atoms with E-state index < -0.39 is 0 Å². The van der Waals surface area contributed by atoms with Crippen LogP contribution in [0.2, 0.25) is 0 Å². The highest BCUT2D eigenvalue weighted by Crippen LogP contribution is 2.46. The molecule has 1 atom stereocenters. The van der Waals surface area contributed by atoms with E-state index in [0.717, 1.165) is 30.5 Å². The van der Waals surface area contributed by atoms with E-state index in [1.807, 2.05) is 0 Å². The zero-order chi connectivity index (χ0) is 11.3. The maximum absolute atomic E-state index is 6.03. The fraction of sp³-hybridized carbons (Fsp3) is 1.00. The van der Waals surface area contributed by atoms with Gasteiger partial charge >= 0.3 is 0 Å². The van der Waals surface area contributed by atoms with Gasteiger partial charge in [0.2, 0.25) is 0 Å². The van der Waals surface area contributed by atoms with Crippen LogP contribution in [0, 0.1) is 11.8 Å². The van der Waals surface area contributed by atoms with E-state index in [2.05, 4.69) is 5.32 Å². The summed E-state index contributed by atoms with van der Waals surface area (Å²) in [5.41, 5.74) is 0.313.